The Bertz CT molecular complexity index is 346. The second-order valence-electron chi connectivity index (χ2n) is 3.10. The Morgan fingerprint density at radius 2 is 2.20 bits per heavy atom. The lowest BCUT2D eigenvalue weighted by molar-refractivity contribution is -0.140. The molecule has 4 heteroatoms. The molecule has 0 bridgehead atoms. The molecule has 82 valence electrons. The lowest BCUT2D eigenvalue weighted by Crippen LogP contribution is -2.03. The number of esters is 1. The lowest BCUT2D eigenvalue weighted by Gasteiger charge is -2.06. The molecule has 1 aromatic rings. The van der Waals surface area contributed by atoms with Gasteiger partial charge in [-0.2, -0.15) is 0 Å². The molecule has 1 rings (SSSR count). The predicted molar refractivity (Wildman–Crippen MR) is 55.0 cm³/mol. The van der Waals surface area contributed by atoms with Crippen LogP contribution in [0.3, 0.4) is 0 Å². The highest BCUT2D eigenvalue weighted by atomic mass is 16.5. The predicted octanol–water partition coefficient (Wildman–Crippen LogP) is 1.51. The molecule has 4 nitrogen and oxygen atoms in total. The highest BCUT2D eigenvalue weighted by Crippen LogP contribution is 2.26. The summed E-state index contributed by atoms with van der Waals surface area (Å²) in [6.07, 6.45) is 0.580. The summed E-state index contributed by atoms with van der Waals surface area (Å²) in [5.74, 6) is 0.233. The monoisotopic (exact) mass is 210 g/mol. The minimum atomic E-state index is -0.298. The number of benzene rings is 1. The fourth-order valence-corrected chi connectivity index (χ4v) is 1.20. The van der Waals surface area contributed by atoms with Crippen LogP contribution in [-0.2, 0) is 16.0 Å². The van der Waals surface area contributed by atoms with E-state index in [1.165, 1.54) is 14.0 Å². The van der Waals surface area contributed by atoms with Crippen molar-refractivity contribution in [3.63, 3.8) is 0 Å². The zero-order valence-corrected chi connectivity index (χ0v) is 8.82. The van der Waals surface area contributed by atoms with E-state index in [2.05, 4.69) is 0 Å². The third kappa shape index (κ3) is 3.50. The Hall–Kier alpha value is -1.71. The summed E-state index contributed by atoms with van der Waals surface area (Å²) in [6.45, 7) is 1.69. The van der Waals surface area contributed by atoms with E-state index in [1.807, 2.05) is 6.07 Å². The minimum Gasteiger partial charge on any atom is -0.504 e. The fraction of sp³-hybridized carbons (Fsp3) is 0.364. The molecule has 0 aliphatic carbocycles. The van der Waals surface area contributed by atoms with E-state index < -0.39 is 0 Å². The Kier molecular flexibility index (Phi) is 3.97. The van der Waals surface area contributed by atoms with E-state index in [9.17, 15) is 9.90 Å². The van der Waals surface area contributed by atoms with Crippen LogP contribution in [0.15, 0.2) is 18.2 Å². The standard InChI is InChI=1S/C11H14O4/c1-8(12)15-6-5-9-3-4-11(14-2)10(13)7-9/h3-4,7,13H,5-6H2,1-2H3. The Morgan fingerprint density at radius 1 is 1.47 bits per heavy atom. The number of phenols is 1. The maximum atomic E-state index is 10.5. The zero-order valence-electron chi connectivity index (χ0n) is 8.82. The van der Waals surface area contributed by atoms with Gasteiger partial charge >= 0.3 is 5.97 Å². The maximum Gasteiger partial charge on any atom is 0.302 e. The van der Waals surface area contributed by atoms with E-state index in [-0.39, 0.29) is 11.7 Å². The van der Waals surface area contributed by atoms with Gasteiger partial charge in [0.05, 0.1) is 13.7 Å². The first-order chi connectivity index (χ1) is 7.13. The second-order valence-corrected chi connectivity index (χ2v) is 3.10. The van der Waals surface area contributed by atoms with Crippen molar-refractivity contribution in [3.05, 3.63) is 23.8 Å². The van der Waals surface area contributed by atoms with Crippen molar-refractivity contribution < 1.29 is 19.4 Å². The van der Waals surface area contributed by atoms with Gasteiger partial charge in [-0.1, -0.05) is 6.07 Å². The molecule has 15 heavy (non-hydrogen) atoms. The lowest BCUT2D eigenvalue weighted by atomic mass is 10.1. The molecular formula is C11H14O4. The number of ether oxygens (including phenoxy) is 2. The third-order valence-electron chi connectivity index (χ3n) is 1.94. The van der Waals surface area contributed by atoms with E-state index in [0.717, 1.165) is 5.56 Å². The van der Waals surface area contributed by atoms with Crippen LogP contribution in [0.1, 0.15) is 12.5 Å². The molecule has 0 fully saturated rings. The zero-order chi connectivity index (χ0) is 11.3. The van der Waals surface area contributed by atoms with Gasteiger partial charge in [-0.25, -0.2) is 0 Å². The average Bonchev–Trinajstić information content (AvgIpc) is 2.17. The topological polar surface area (TPSA) is 55.8 Å². The van der Waals surface area contributed by atoms with Crippen molar-refractivity contribution in [1.29, 1.82) is 0 Å². The van der Waals surface area contributed by atoms with Gasteiger partial charge in [0.15, 0.2) is 11.5 Å². The Balaban J connectivity index is 2.55. The molecule has 0 amide bonds. The van der Waals surface area contributed by atoms with E-state index >= 15 is 0 Å². The molecule has 1 aromatic carbocycles. The van der Waals surface area contributed by atoms with Crippen LogP contribution in [0.5, 0.6) is 11.5 Å². The third-order valence-corrected chi connectivity index (χ3v) is 1.94. The number of carbonyl (C=O) groups excluding carboxylic acids is 1. The summed E-state index contributed by atoms with van der Waals surface area (Å²) in [5, 5.41) is 9.47. The van der Waals surface area contributed by atoms with Crippen LogP contribution in [0.4, 0.5) is 0 Å². The van der Waals surface area contributed by atoms with Gasteiger partial charge < -0.3 is 14.6 Å². The molecular weight excluding hydrogens is 196 g/mol. The molecule has 0 aromatic heterocycles. The Morgan fingerprint density at radius 3 is 2.73 bits per heavy atom. The number of aromatic hydroxyl groups is 1. The second kappa shape index (κ2) is 5.24. The quantitative estimate of drug-likeness (QED) is 0.765. The summed E-state index contributed by atoms with van der Waals surface area (Å²) >= 11 is 0. The van der Waals surface area contributed by atoms with Crippen LogP contribution in [0.25, 0.3) is 0 Å². The molecule has 0 saturated heterocycles. The van der Waals surface area contributed by atoms with Gasteiger partial charge in [-0.15, -0.1) is 0 Å². The molecule has 0 aliphatic heterocycles. The number of carbonyl (C=O) groups is 1. The van der Waals surface area contributed by atoms with Crippen molar-refractivity contribution in [2.75, 3.05) is 13.7 Å². The van der Waals surface area contributed by atoms with Crippen LogP contribution in [-0.4, -0.2) is 24.8 Å². The number of methoxy groups -OCH3 is 1. The normalized spacial score (nSPS) is 9.73. The molecule has 0 radical (unpaired) electrons. The van der Waals surface area contributed by atoms with Gasteiger partial charge in [-0.3, -0.25) is 4.79 Å². The summed E-state index contributed by atoms with van der Waals surface area (Å²) in [4.78, 5) is 10.5. The first-order valence-electron chi connectivity index (χ1n) is 4.62. The van der Waals surface area contributed by atoms with Gasteiger partial charge in [0, 0.05) is 13.3 Å². The summed E-state index contributed by atoms with van der Waals surface area (Å²) in [7, 11) is 1.49. The smallest absolute Gasteiger partial charge is 0.302 e. The summed E-state index contributed by atoms with van der Waals surface area (Å²) < 4.78 is 9.70. The molecule has 0 spiro atoms. The average molecular weight is 210 g/mol. The number of hydrogen-bond acceptors (Lipinski definition) is 4. The van der Waals surface area contributed by atoms with Crippen LogP contribution in [0, 0.1) is 0 Å². The SMILES string of the molecule is COc1ccc(CCOC(C)=O)cc1O. The minimum absolute atomic E-state index is 0.0952. The van der Waals surface area contributed by atoms with Crippen molar-refractivity contribution in [2.45, 2.75) is 13.3 Å². The highest BCUT2D eigenvalue weighted by molar-refractivity contribution is 5.65. The van der Waals surface area contributed by atoms with Gasteiger partial charge in [-0.05, 0) is 17.7 Å². The van der Waals surface area contributed by atoms with E-state index in [1.54, 1.807) is 12.1 Å². The molecule has 0 heterocycles. The Labute approximate surface area is 88.4 Å². The van der Waals surface area contributed by atoms with Crippen LogP contribution >= 0.6 is 0 Å². The van der Waals surface area contributed by atoms with Gasteiger partial charge in [0.1, 0.15) is 0 Å². The first-order valence-corrected chi connectivity index (χ1v) is 4.62. The molecule has 1 N–H and O–H groups in total. The fourth-order valence-electron chi connectivity index (χ4n) is 1.20. The summed E-state index contributed by atoms with van der Waals surface area (Å²) in [6, 6.07) is 5.10. The molecule has 0 unspecified atom stereocenters. The number of rotatable bonds is 4. The van der Waals surface area contributed by atoms with Crippen LogP contribution < -0.4 is 4.74 Å². The number of phenolic OH excluding ortho intramolecular Hbond substituents is 1. The molecule has 0 atom stereocenters. The van der Waals surface area contributed by atoms with E-state index in [4.69, 9.17) is 9.47 Å². The molecule has 0 aliphatic rings. The van der Waals surface area contributed by atoms with Crippen molar-refractivity contribution >= 4 is 5.97 Å². The maximum absolute atomic E-state index is 10.5. The van der Waals surface area contributed by atoms with Gasteiger partial charge in [0.25, 0.3) is 0 Å². The highest BCUT2D eigenvalue weighted by Gasteiger charge is 2.02. The van der Waals surface area contributed by atoms with Crippen molar-refractivity contribution in [2.24, 2.45) is 0 Å². The molecule has 0 saturated carbocycles. The van der Waals surface area contributed by atoms with Crippen LogP contribution in [0.2, 0.25) is 0 Å². The van der Waals surface area contributed by atoms with E-state index in [0.29, 0.717) is 18.8 Å². The first kappa shape index (κ1) is 11.4. The number of hydrogen-bond donors (Lipinski definition) is 1. The van der Waals surface area contributed by atoms with Crippen molar-refractivity contribution in [3.8, 4) is 11.5 Å². The largest absolute Gasteiger partial charge is 0.504 e. The van der Waals surface area contributed by atoms with Crippen molar-refractivity contribution in [1.82, 2.24) is 0 Å². The summed E-state index contributed by atoms with van der Waals surface area (Å²) in [5.41, 5.74) is 0.898. The van der Waals surface area contributed by atoms with Gasteiger partial charge in [0.2, 0.25) is 0 Å².